The monoisotopic (exact) mass is 237 g/mol. The largest absolute Gasteiger partial charge is 0.360 e. The summed E-state index contributed by atoms with van der Waals surface area (Å²) in [6.07, 6.45) is 3.62. The van der Waals surface area contributed by atoms with Crippen molar-refractivity contribution in [2.45, 2.75) is 6.42 Å². The number of rotatable bonds is 3. The molecule has 3 aromatic rings. The fraction of sp³-hybridized carbons (Fsp3) is 0.0714. The van der Waals surface area contributed by atoms with Crippen LogP contribution in [-0.2, 0) is 6.42 Å². The van der Waals surface area contributed by atoms with Crippen molar-refractivity contribution in [3.63, 3.8) is 0 Å². The Kier molecular flexibility index (Phi) is 2.61. The number of nitrogens with zero attached hydrogens (tertiary/aromatic N) is 2. The molecule has 0 saturated heterocycles. The molecule has 2 aromatic heterocycles. The summed E-state index contributed by atoms with van der Waals surface area (Å²) in [5.41, 5.74) is 2.36. The number of aromatic nitrogens is 3. The Morgan fingerprint density at radius 2 is 2.06 bits per heavy atom. The lowest BCUT2D eigenvalue weighted by Gasteiger charge is -1.98. The zero-order chi connectivity index (χ0) is 12.4. The van der Waals surface area contributed by atoms with Gasteiger partial charge in [-0.2, -0.15) is 10.2 Å². The van der Waals surface area contributed by atoms with Crippen molar-refractivity contribution in [1.82, 2.24) is 15.2 Å². The molecule has 0 bridgehead atoms. The Balaban J connectivity index is 1.93. The van der Waals surface area contributed by atoms with Crippen LogP contribution in [0.3, 0.4) is 0 Å². The van der Waals surface area contributed by atoms with Crippen LogP contribution in [0.4, 0.5) is 0 Å². The highest BCUT2D eigenvalue weighted by Gasteiger charge is 2.12. The van der Waals surface area contributed by atoms with Gasteiger partial charge in [0.25, 0.3) is 0 Å². The number of H-pyrrole nitrogens is 1. The number of Topliss-reactive ketones (excluding diaryl/α,β-unsaturated/α-hetero) is 1. The molecule has 4 heteroatoms. The Bertz CT molecular complexity index is 688. The van der Waals surface area contributed by atoms with Crippen molar-refractivity contribution < 1.29 is 4.79 Å². The second kappa shape index (κ2) is 4.41. The van der Waals surface area contributed by atoms with Crippen LogP contribution in [0.1, 0.15) is 16.1 Å². The van der Waals surface area contributed by atoms with Gasteiger partial charge in [-0.25, -0.2) is 0 Å². The van der Waals surface area contributed by atoms with E-state index in [1.54, 1.807) is 24.5 Å². The molecule has 2 heterocycles. The predicted octanol–water partition coefficient (Wildman–Crippen LogP) is 2.38. The number of ketones is 1. The van der Waals surface area contributed by atoms with E-state index < -0.39 is 0 Å². The average molecular weight is 237 g/mol. The number of carbonyl (C=O) groups is 1. The number of para-hydroxylation sites is 1. The van der Waals surface area contributed by atoms with Gasteiger partial charge in [0.05, 0.1) is 12.1 Å². The SMILES string of the molecule is O=C(Cc1cccnn1)c1c[nH]c2ccccc12. The molecule has 0 aliphatic carbocycles. The number of benzene rings is 1. The van der Waals surface area contributed by atoms with Gasteiger partial charge in [-0.1, -0.05) is 18.2 Å². The summed E-state index contributed by atoms with van der Waals surface area (Å²) in [5, 5.41) is 8.65. The molecular formula is C14H11N3O. The molecule has 0 atom stereocenters. The molecule has 0 spiro atoms. The summed E-state index contributed by atoms with van der Waals surface area (Å²) >= 11 is 0. The topological polar surface area (TPSA) is 58.6 Å². The molecule has 0 unspecified atom stereocenters. The van der Waals surface area contributed by atoms with Crippen molar-refractivity contribution in [2.24, 2.45) is 0 Å². The minimum atomic E-state index is 0.0490. The van der Waals surface area contributed by atoms with Crippen LogP contribution in [0.2, 0.25) is 0 Å². The highest BCUT2D eigenvalue weighted by atomic mass is 16.1. The summed E-state index contributed by atoms with van der Waals surface area (Å²) in [6, 6.07) is 11.3. The van der Waals surface area contributed by atoms with E-state index in [9.17, 15) is 4.79 Å². The number of nitrogens with one attached hydrogen (secondary N) is 1. The summed E-state index contributed by atoms with van der Waals surface area (Å²) in [4.78, 5) is 15.3. The molecule has 1 aromatic carbocycles. The van der Waals surface area contributed by atoms with E-state index in [1.165, 1.54) is 0 Å². The van der Waals surface area contributed by atoms with Gasteiger partial charge in [-0.05, 0) is 18.2 Å². The second-order valence-corrected chi connectivity index (χ2v) is 4.06. The van der Waals surface area contributed by atoms with E-state index >= 15 is 0 Å². The molecule has 0 amide bonds. The Labute approximate surface area is 104 Å². The highest BCUT2D eigenvalue weighted by molar-refractivity contribution is 6.08. The van der Waals surface area contributed by atoms with Crippen LogP contribution >= 0.6 is 0 Å². The van der Waals surface area contributed by atoms with Gasteiger partial charge < -0.3 is 4.98 Å². The van der Waals surface area contributed by atoms with Crippen molar-refractivity contribution in [3.8, 4) is 0 Å². The predicted molar refractivity (Wildman–Crippen MR) is 68.4 cm³/mol. The Morgan fingerprint density at radius 3 is 2.89 bits per heavy atom. The van der Waals surface area contributed by atoms with E-state index in [1.807, 2.05) is 24.3 Å². The van der Waals surface area contributed by atoms with Crippen LogP contribution in [0, 0.1) is 0 Å². The fourth-order valence-electron chi connectivity index (χ4n) is 1.99. The van der Waals surface area contributed by atoms with Crippen LogP contribution in [0.15, 0.2) is 48.8 Å². The van der Waals surface area contributed by atoms with E-state index in [4.69, 9.17) is 0 Å². The van der Waals surface area contributed by atoms with Crippen LogP contribution in [0.25, 0.3) is 10.9 Å². The van der Waals surface area contributed by atoms with Gasteiger partial charge in [-0.15, -0.1) is 0 Å². The summed E-state index contributed by atoms with van der Waals surface area (Å²) < 4.78 is 0. The normalized spacial score (nSPS) is 10.7. The van der Waals surface area contributed by atoms with Crippen molar-refractivity contribution in [3.05, 3.63) is 60.0 Å². The standard InChI is InChI=1S/C14H11N3O/c18-14(8-10-4-3-7-16-17-10)12-9-15-13-6-2-1-5-11(12)13/h1-7,9,15H,8H2. The quantitative estimate of drug-likeness (QED) is 0.711. The summed E-state index contributed by atoms with van der Waals surface area (Å²) in [6.45, 7) is 0. The molecule has 4 nitrogen and oxygen atoms in total. The highest BCUT2D eigenvalue weighted by Crippen LogP contribution is 2.19. The first-order chi connectivity index (χ1) is 8.84. The first-order valence-corrected chi connectivity index (χ1v) is 5.70. The molecule has 0 fully saturated rings. The smallest absolute Gasteiger partial charge is 0.171 e. The third kappa shape index (κ3) is 1.88. The number of hydrogen-bond donors (Lipinski definition) is 1. The summed E-state index contributed by atoms with van der Waals surface area (Å²) in [7, 11) is 0. The molecule has 0 aliphatic heterocycles. The van der Waals surface area contributed by atoms with Gasteiger partial charge in [0, 0.05) is 28.9 Å². The molecule has 0 saturated carbocycles. The molecule has 88 valence electrons. The van der Waals surface area contributed by atoms with E-state index in [-0.39, 0.29) is 12.2 Å². The first kappa shape index (κ1) is 10.7. The Morgan fingerprint density at radius 1 is 1.17 bits per heavy atom. The van der Waals surface area contributed by atoms with E-state index in [0.29, 0.717) is 11.3 Å². The van der Waals surface area contributed by atoms with Crippen molar-refractivity contribution >= 4 is 16.7 Å². The zero-order valence-corrected chi connectivity index (χ0v) is 9.63. The zero-order valence-electron chi connectivity index (χ0n) is 9.63. The van der Waals surface area contributed by atoms with Crippen molar-refractivity contribution in [2.75, 3.05) is 0 Å². The fourth-order valence-corrected chi connectivity index (χ4v) is 1.99. The molecular weight excluding hydrogens is 226 g/mol. The van der Waals surface area contributed by atoms with Crippen LogP contribution < -0.4 is 0 Å². The van der Waals surface area contributed by atoms with Gasteiger partial charge in [0.15, 0.2) is 5.78 Å². The molecule has 18 heavy (non-hydrogen) atoms. The number of carbonyl (C=O) groups excluding carboxylic acids is 1. The van der Waals surface area contributed by atoms with Gasteiger partial charge in [0.1, 0.15) is 0 Å². The average Bonchev–Trinajstić information content (AvgIpc) is 2.84. The third-order valence-corrected chi connectivity index (χ3v) is 2.86. The maximum atomic E-state index is 12.2. The molecule has 0 aliphatic rings. The lowest BCUT2D eigenvalue weighted by molar-refractivity contribution is 0.0993. The maximum absolute atomic E-state index is 12.2. The number of hydrogen-bond acceptors (Lipinski definition) is 3. The summed E-state index contributed by atoms with van der Waals surface area (Å²) in [5.74, 6) is 0.0490. The number of aromatic amines is 1. The van der Waals surface area contributed by atoms with Gasteiger partial charge >= 0.3 is 0 Å². The van der Waals surface area contributed by atoms with E-state index in [0.717, 1.165) is 10.9 Å². The van der Waals surface area contributed by atoms with Gasteiger partial charge in [0.2, 0.25) is 0 Å². The third-order valence-electron chi connectivity index (χ3n) is 2.86. The Hall–Kier alpha value is -2.49. The van der Waals surface area contributed by atoms with Crippen LogP contribution in [0.5, 0.6) is 0 Å². The second-order valence-electron chi connectivity index (χ2n) is 4.06. The molecule has 0 radical (unpaired) electrons. The first-order valence-electron chi connectivity index (χ1n) is 5.70. The van der Waals surface area contributed by atoms with Gasteiger partial charge in [-0.3, -0.25) is 4.79 Å². The number of fused-ring (bicyclic) bond motifs is 1. The minimum Gasteiger partial charge on any atom is -0.360 e. The van der Waals surface area contributed by atoms with Crippen LogP contribution in [-0.4, -0.2) is 21.0 Å². The lowest BCUT2D eigenvalue weighted by atomic mass is 10.1. The molecule has 1 N–H and O–H groups in total. The molecule has 3 rings (SSSR count). The van der Waals surface area contributed by atoms with E-state index in [2.05, 4.69) is 15.2 Å². The lowest BCUT2D eigenvalue weighted by Crippen LogP contribution is -2.04. The van der Waals surface area contributed by atoms with Crippen molar-refractivity contribution in [1.29, 1.82) is 0 Å². The maximum Gasteiger partial charge on any atom is 0.171 e. The minimum absolute atomic E-state index is 0.0490.